The molecule has 0 saturated carbocycles. The van der Waals surface area contributed by atoms with Gasteiger partial charge in [-0.3, -0.25) is 4.79 Å². The number of piperazine rings is 1. The maximum Gasteiger partial charge on any atom is 0.255 e. The number of carbonyl (C=O) groups is 1. The number of hydrogen-bond acceptors (Lipinski definition) is 4. The summed E-state index contributed by atoms with van der Waals surface area (Å²) in [5.74, 6) is 0.593. The Kier molecular flexibility index (Phi) is 6.81. The van der Waals surface area contributed by atoms with Gasteiger partial charge in [-0.15, -0.1) is 0 Å². The Morgan fingerprint density at radius 2 is 1.79 bits per heavy atom. The molecular formula is C22H28ClN3O2. The molecule has 0 spiro atoms. The van der Waals surface area contributed by atoms with Crippen molar-refractivity contribution in [3.8, 4) is 5.75 Å². The summed E-state index contributed by atoms with van der Waals surface area (Å²) in [7, 11) is 0. The lowest BCUT2D eigenvalue weighted by atomic mass is 10.1. The standard InChI is InChI=1S/C22H28ClN3O2/c1-4-25-11-13-26(14-12-25)21-10-7-18(23)15-20(21)24-22(27)17-5-8-19(9-6-17)28-16(2)3/h5-10,15-16H,4,11-14H2,1-3H3,(H,24,27). The number of ether oxygens (including phenoxy) is 1. The van der Waals surface area contributed by atoms with Gasteiger partial charge in [-0.05, 0) is 62.9 Å². The monoisotopic (exact) mass is 401 g/mol. The zero-order valence-electron chi connectivity index (χ0n) is 16.7. The molecule has 1 aliphatic heterocycles. The van der Waals surface area contributed by atoms with Gasteiger partial charge in [0.15, 0.2) is 0 Å². The molecule has 150 valence electrons. The Bertz CT molecular complexity index is 800. The van der Waals surface area contributed by atoms with Crippen LogP contribution in [0.3, 0.4) is 0 Å². The molecule has 2 aromatic carbocycles. The van der Waals surface area contributed by atoms with E-state index in [1.165, 1.54) is 0 Å². The van der Waals surface area contributed by atoms with Crippen LogP contribution < -0.4 is 15.0 Å². The predicted octanol–water partition coefficient (Wildman–Crippen LogP) is 4.52. The Balaban J connectivity index is 1.74. The number of anilines is 2. The van der Waals surface area contributed by atoms with Crippen LogP contribution in [-0.2, 0) is 0 Å². The molecule has 1 N–H and O–H groups in total. The molecule has 0 aliphatic carbocycles. The van der Waals surface area contributed by atoms with Gasteiger partial charge < -0.3 is 19.9 Å². The fourth-order valence-electron chi connectivity index (χ4n) is 3.34. The maximum absolute atomic E-state index is 12.8. The molecule has 28 heavy (non-hydrogen) atoms. The molecular weight excluding hydrogens is 374 g/mol. The minimum Gasteiger partial charge on any atom is -0.491 e. The van der Waals surface area contributed by atoms with Crippen molar-refractivity contribution in [1.29, 1.82) is 0 Å². The third kappa shape index (κ3) is 5.18. The molecule has 0 unspecified atom stereocenters. The summed E-state index contributed by atoms with van der Waals surface area (Å²) in [5.41, 5.74) is 2.33. The second-order valence-corrected chi connectivity index (χ2v) is 7.66. The van der Waals surface area contributed by atoms with E-state index in [2.05, 4.69) is 22.0 Å². The fraction of sp³-hybridized carbons (Fsp3) is 0.409. The van der Waals surface area contributed by atoms with E-state index in [9.17, 15) is 4.79 Å². The van der Waals surface area contributed by atoms with Crippen molar-refractivity contribution in [1.82, 2.24) is 4.90 Å². The second kappa shape index (κ2) is 9.30. The van der Waals surface area contributed by atoms with E-state index in [0.29, 0.717) is 10.6 Å². The number of amides is 1. The van der Waals surface area contributed by atoms with Crippen LogP contribution in [0.5, 0.6) is 5.75 Å². The van der Waals surface area contributed by atoms with E-state index in [0.717, 1.165) is 49.8 Å². The van der Waals surface area contributed by atoms with Gasteiger partial charge >= 0.3 is 0 Å². The van der Waals surface area contributed by atoms with Gasteiger partial charge in [-0.1, -0.05) is 18.5 Å². The first-order valence-corrected chi connectivity index (χ1v) is 10.2. The van der Waals surface area contributed by atoms with E-state index in [1.807, 2.05) is 44.2 Å². The van der Waals surface area contributed by atoms with E-state index >= 15 is 0 Å². The zero-order valence-corrected chi connectivity index (χ0v) is 17.5. The van der Waals surface area contributed by atoms with Crippen LogP contribution in [0.2, 0.25) is 5.02 Å². The summed E-state index contributed by atoms with van der Waals surface area (Å²) in [6, 6.07) is 12.9. The molecule has 6 heteroatoms. The third-order valence-electron chi connectivity index (χ3n) is 4.86. The highest BCUT2D eigenvalue weighted by atomic mass is 35.5. The van der Waals surface area contributed by atoms with E-state index in [1.54, 1.807) is 12.1 Å². The summed E-state index contributed by atoms with van der Waals surface area (Å²) >= 11 is 6.21. The molecule has 0 atom stereocenters. The van der Waals surface area contributed by atoms with E-state index in [4.69, 9.17) is 16.3 Å². The Hall–Kier alpha value is -2.24. The first-order chi connectivity index (χ1) is 13.5. The van der Waals surface area contributed by atoms with Gasteiger partial charge in [-0.25, -0.2) is 0 Å². The van der Waals surface area contributed by atoms with Crippen molar-refractivity contribution in [3.05, 3.63) is 53.1 Å². The van der Waals surface area contributed by atoms with Crippen molar-refractivity contribution in [3.63, 3.8) is 0 Å². The average molecular weight is 402 g/mol. The van der Waals surface area contributed by atoms with Crippen LogP contribution in [0.4, 0.5) is 11.4 Å². The molecule has 0 bridgehead atoms. The molecule has 3 rings (SSSR count). The third-order valence-corrected chi connectivity index (χ3v) is 5.09. The fourth-order valence-corrected chi connectivity index (χ4v) is 3.51. The van der Waals surface area contributed by atoms with Crippen molar-refractivity contribution in [2.75, 3.05) is 42.9 Å². The lowest BCUT2D eigenvalue weighted by Gasteiger charge is -2.36. The Morgan fingerprint density at radius 1 is 1.11 bits per heavy atom. The predicted molar refractivity (Wildman–Crippen MR) is 116 cm³/mol. The van der Waals surface area contributed by atoms with E-state index < -0.39 is 0 Å². The van der Waals surface area contributed by atoms with Crippen LogP contribution >= 0.6 is 11.6 Å². The number of likely N-dealkylation sites (N-methyl/N-ethyl adjacent to an activating group) is 1. The number of carbonyl (C=O) groups excluding carboxylic acids is 1. The van der Waals surface area contributed by atoms with Gasteiger partial charge in [0, 0.05) is 36.8 Å². The van der Waals surface area contributed by atoms with Crippen molar-refractivity contribution in [2.24, 2.45) is 0 Å². The van der Waals surface area contributed by atoms with Crippen LogP contribution in [-0.4, -0.2) is 49.6 Å². The quantitative estimate of drug-likeness (QED) is 0.772. The second-order valence-electron chi connectivity index (χ2n) is 7.23. The molecule has 1 saturated heterocycles. The van der Waals surface area contributed by atoms with Gasteiger partial charge in [0.05, 0.1) is 17.5 Å². The number of halogens is 1. The van der Waals surface area contributed by atoms with Crippen molar-refractivity contribution in [2.45, 2.75) is 26.9 Å². The average Bonchev–Trinajstić information content (AvgIpc) is 2.68. The SMILES string of the molecule is CCN1CCN(c2ccc(Cl)cc2NC(=O)c2ccc(OC(C)C)cc2)CC1. The smallest absolute Gasteiger partial charge is 0.255 e. The summed E-state index contributed by atoms with van der Waals surface area (Å²) in [6.45, 7) is 11.1. The lowest BCUT2D eigenvalue weighted by molar-refractivity contribution is 0.102. The number of nitrogens with one attached hydrogen (secondary N) is 1. The maximum atomic E-state index is 12.8. The molecule has 2 aromatic rings. The van der Waals surface area contributed by atoms with Crippen molar-refractivity contribution >= 4 is 28.9 Å². The first-order valence-electron chi connectivity index (χ1n) is 9.81. The number of hydrogen-bond donors (Lipinski definition) is 1. The van der Waals surface area contributed by atoms with Gasteiger partial charge in [0.2, 0.25) is 0 Å². The highest BCUT2D eigenvalue weighted by molar-refractivity contribution is 6.31. The van der Waals surface area contributed by atoms with Crippen LogP contribution in [0.25, 0.3) is 0 Å². The molecule has 1 amide bonds. The lowest BCUT2D eigenvalue weighted by Crippen LogP contribution is -2.46. The van der Waals surface area contributed by atoms with Gasteiger partial charge in [0.25, 0.3) is 5.91 Å². The molecule has 1 heterocycles. The highest BCUT2D eigenvalue weighted by Crippen LogP contribution is 2.30. The summed E-state index contributed by atoms with van der Waals surface area (Å²) < 4.78 is 5.64. The minimum atomic E-state index is -0.160. The van der Waals surface area contributed by atoms with Crippen LogP contribution in [0.1, 0.15) is 31.1 Å². The molecule has 0 radical (unpaired) electrons. The Labute approximate surface area is 172 Å². The molecule has 1 aliphatic rings. The summed E-state index contributed by atoms with van der Waals surface area (Å²) in [6.07, 6.45) is 0.0990. The largest absolute Gasteiger partial charge is 0.491 e. The molecule has 5 nitrogen and oxygen atoms in total. The zero-order chi connectivity index (χ0) is 20.1. The number of nitrogens with zero attached hydrogens (tertiary/aromatic N) is 2. The first kappa shape index (κ1) is 20.5. The van der Waals surface area contributed by atoms with Crippen LogP contribution in [0.15, 0.2) is 42.5 Å². The normalized spacial score (nSPS) is 15.0. The van der Waals surface area contributed by atoms with Gasteiger partial charge in [-0.2, -0.15) is 0 Å². The van der Waals surface area contributed by atoms with E-state index in [-0.39, 0.29) is 12.0 Å². The molecule has 1 fully saturated rings. The number of rotatable bonds is 6. The minimum absolute atomic E-state index is 0.0990. The van der Waals surface area contributed by atoms with Crippen molar-refractivity contribution < 1.29 is 9.53 Å². The number of benzene rings is 2. The molecule has 0 aromatic heterocycles. The summed E-state index contributed by atoms with van der Waals surface area (Å²) in [4.78, 5) is 17.5. The highest BCUT2D eigenvalue weighted by Gasteiger charge is 2.19. The van der Waals surface area contributed by atoms with Gasteiger partial charge in [0.1, 0.15) is 5.75 Å². The van der Waals surface area contributed by atoms with Crippen LogP contribution in [0, 0.1) is 0 Å². The topological polar surface area (TPSA) is 44.8 Å². The summed E-state index contributed by atoms with van der Waals surface area (Å²) in [5, 5.41) is 3.63. The Morgan fingerprint density at radius 3 is 2.39 bits per heavy atom.